The monoisotopic (exact) mass is 373 g/mol. The maximum atomic E-state index is 6.44. The van der Waals surface area contributed by atoms with E-state index in [-0.39, 0.29) is 11.2 Å². The van der Waals surface area contributed by atoms with Crippen molar-refractivity contribution in [2.24, 2.45) is 0 Å². The van der Waals surface area contributed by atoms with E-state index >= 15 is 0 Å². The first-order chi connectivity index (χ1) is 13.2. The van der Waals surface area contributed by atoms with Gasteiger partial charge in [-0.3, -0.25) is 0 Å². The number of hydrogen-bond donors (Lipinski definition) is 1. The summed E-state index contributed by atoms with van der Waals surface area (Å²) >= 11 is 0. The van der Waals surface area contributed by atoms with Gasteiger partial charge in [0.05, 0.1) is 11.2 Å². The molecule has 1 saturated heterocycles. The van der Waals surface area contributed by atoms with Crippen LogP contribution in [-0.2, 0) is 15.7 Å². The largest absolute Gasteiger partial charge is 0.495 e. The summed E-state index contributed by atoms with van der Waals surface area (Å²) in [6.07, 6.45) is 0.793. The molecule has 0 bridgehead atoms. The van der Waals surface area contributed by atoms with Gasteiger partial charge in [-0.15, -0.1) is 0 Å². The summed E-state index contributed by atoms with van der Waals surface area (Å²) in [7, 11) is -0.396. The lowest BCUT2D eigenvalue weighted by Crippen LogP contribution is -2.41. The molecule has 3 nitrogen and oxygen atoms in total. The summed E-state index contributed by atoms with van der Waals surface area (Å²) in [5.74, 6) is 0. The van der Waals surface area contributed by atoms with E-state index in [1.165, 1.54) is 21.9 Å². The third kappa shape index (κ3) is 3.11. The van der Waals surface area contributed by atoms with E-state index in [1.54, 1.807) is 0 Å². The first kappa shape index (κ1) is 19.0. The Bertz CT molecular complexity index is 1030. The Labute approximate surface area is 168 Å². The Morgan fingerprint density at radius 1 is 0.821 bits per heavy atom. The van der Waals surface area contributed by atoms with Gasteiger partial charge in [-0.1, -0.05) is 48.5 Å². The lowest BCUT2D eigenvalue weighted by atomic mass is 9.72. The molecule has 144 valence electrons. The second-order valence-electron chi connectivity index (χ2n) is 8.76. The molecule has 4 heteroatoms. The van der Waals surface area contributed by atoms with Crippen LogP contribution in [-0.4, -0.2) is 18.3 Å². The van der Waals surface area contributed by atoms with Crippen molar-refractivity contribution in [3.63, 3.8) is 0 Å². The summed E-state index contributed by atoms with van der Waals surface area (Å²) in [5, 5.41) is 2.38. The molecule has 0 radical (unpaired) electrons. The summed E-state index contributed by atoms with van der Waals surface area (Å²) in [6.45, 7) is 10.5. The Balaban J connectivity index is 1.86. The summed E-state index contributed by atoms with van der Waals surface area (Å²) in [6, 6.07) is 18.9. The number of hydrogen-bond acceptors (Lipinski definition) is 3. The molecule has 1 aliphatic heterocycles. The van der Waals surface area contributed by atoms with Crippen LogP contribution in [0.15, 0.2) is 54.6 Å². The van der Waals surface area contributed by atoms with Crippen LogP contribution in [0.5, 0.6) is 0 Å². The molecule has 0 amide bonds. The van der Waals surface area contributed by atoms with Gasteiger partial charge in [0.15, 0.2) is 0 Å². The molecule has 28 heavy (non-hydrogen) atoms. The number of anilines is 1. The van der Waals surface area contributed by atoms with Crippen molar-refractivity contribution < 1.29 is 9.31 Å². The zero-order valence-corrected chi connectivity index (χ0v) is 17.4. The second kappa shape index (κ2) is 6.65. The third-order valence-electron chi connectivity index (χ3n) is 6.42. The van der Waals surface area contributed by atoms with Crippen LogP contribution in [0, 0.1) is 6.92 Å². The highest BCUT2D eigenvalue weighted by atomic mass is 16.7. The van der Waals surface area contributed by atoms with E-state index in [1.807, 2.05) is 12.1 Å². The minimum atomic E-state index is -0.396. The number of benzene rings is 3. The Morgan fingerprint density at radius 2 is 1.50 bits per heavy atom. The van der Waals surface area contributed by atoms with Gasteiger partial charge < -0.3 is 15.0 Å². The van der Waals surface area contributed by atoms with Gasteiger partial charge >= 0.3 is 7.12 Å². The van der Waals surface area contributed by atoms with E-state index in [0.29, 0.717) is 0 Å². The molecule has 1 fully saturated rings. The molecule has 1 heterocycles. The first-order valence-corrected chi connectivity index (χ1v) is 9.90. The van der Waals surface area contributed by atoms with Crippen LogP contribution in [0.3, 0.4) is 0 Å². The summed E-state index contributed by atoms with van der Waals surface area (Å²) in [5.41, 5.74) is 10.9. The van der Waals surface area contributed by atoms with Crippen LogP contribution >= 0.6 is 0 Å². The molecule has 0 spiro atoms. The molecule has 3 aromatic carbocycles. The Morgan fingerprint density at radius 3 is 2.21 bits per heavy atom. The first-order valence-electron chi connectivity index (χ1n) is 9.90. The second-order valence-corrected chi connectivity index (χ2v) is 8.76. The van der Waals surface area contributed by atoms with E-state index < -0.39 is 7.12 Å². The molecular weight excluding hydrogens is 345 g/mol. The zero-order chi connectivity index (χ0) is 20.1. The SMILES string of the molecule is Cc1c(N)cccc1Cc1ccc2ccccc2c1B1OC(C)(C)C(C)(C)O1. The van der Waals surface area contributed by atoms with E-state index in [4.69, 9.17) is 15.0 Å². The van der Waals surface area contributed by atoms with Crippen LogP contribution in [0.2, 0.25) is 0 Å². The standard InChI is InChI=1S/C24H28BNO2/c1-16-18(10-8-12-21(16)26)15-19-14-13-17-9-6-7-11-20(17)22(19)25-27-23(2,3)24(4,5)28-25/h6-14H,15,26H2,1-5H3. The van der Waals surface area contributed by atoms with Crippen LogP contribution in [0.1, 0.15) is 44.4 Å². The average molecular weight is 373 g/mol. The quantitative estimate of drug-likeness (QED) is 0.538. The topological polar surface area (TPSA) is 44.5 Å². The van der Waals surface area contributed by atoms with Crippen molar-refractivity contribution >= 4 is 29.0 Å². The van der Waals surface area contributed by atoms with Gasteiger partial charge in [0.2, 0.25) is 0 Å². The predicted octanol–water partition coefficient (Wildman–Crippen LogP) is 4.62. The number of nitrogen functional groups attached to an aromatic ring is 1. The molecule has 0 atom stereocenters. The minimum Gasteiger partial charge on any atom is -0.399 e. The molecule has 3 aromatic rings. The smallest absolute Gasteiger partial charge is 0.399 e. The third-order valence-corrected chi connectivity index (χ3v) is 6.42. The fourth-order valence-electron chi connectivity index (χ4n) is 3.83. The predicted molar refractivity (Wildman–Crippen MR) is 118 cm³/mol. The lowest BCUT2D eigenvalue weighted by molar-refractivity contribution is 0.00578. The fraction of sp³-hybridized carbons (Fsp3) is 0.333. The average Bonchev–Trinajstić information content (AvgIpc) is 2.86. The zero-order valence-electron chi connectivity index (χ0n) is 17.4. The highest BCUT2D eigenvalue weighted by Gasteiger charge is 2.52. The van der Waals surface area contributed by atoms with Crippen molar-refractivity contribution in [2.75, 3.05) is 5.73 Å². The van der Waals surface area contributed by atoms with Gasteiger partial charge in [0, 0.05) is 5.69 Å². The number of nitrogens with two attached hydrogens (primary N) is 1. The van der Waals surface area contributed by atoms with Gasteiger partial charge in [-0.05, 0) is 80.0 Å². The number of fused-ring (bicyclic) bond motifs is 1. The van der Waals surface area contributed by atoms with E-state index in [9.17, 15) is 0 Å². The normalized spacial score (nSPS) is 18.0. The van der Waals surface area contributed by atoms with Gasteiger partial charge in [0.1, 0.15) is 0 Å². The maximum absolute atomic E-state index is 6.44. The summed E-state index contributed by atoms with van der Waals surface area (Å²) in [4.78, 5) is 0. The van der Waals surface area contributed by atoms with Crippen LogP contribution in [0.25, 0.3) is 10.8 Å². The molecule has 0 saturated carbocycles. The molecule has 4 rings (SSSR count). The van der Waals surface area contributed by atoms with Crippen molar-refractivity contribution in [1.29, 1.82) is 0 Å². The van der Waals surface area contributed by atoms with Crippen molar-refractivity contribution in [2.45, 2.75) is 52.2 Å². The molecule has 0 unspecified atom stereocenters. The van der Waals surface area contributed by atoms with Crippen molar-refractivity contribution in [3.05, 3.63) is 71.3 Å². The molecular formula is C24H28BNO2. The Hall–Kier alpha value is -2.30. The van der Waals surface area contributed by atoms with Gasteiger partial charge in [-0.25, -0.2) is 0 Å². The van der Waals surface area contributed by atoms with Gasteiger partial charge in [-0.2, -0.15) is 0 Å². The number of rotatable bonds is 3. The minimum absolute atomic E-state index is 0.376. The lowest BCUT2D eigenvalue weighted by Gasteiger charge is -2.32. The van der Waals surface area contributed by atoms with Crippen molar-refractivity contribution in [3.8, 4) is 0 Å². The molecule has 0 aliphatic carbocycles. The Kier molecular flexibility index (Phi) is 4.52. The highest BCUT2D eigenvalue weighted by Crippen LogP contribution is 2.37. The van der Waals surface area contributed by atoms with Crippen LogP contribution < -0.4 is 11.2 Å². The maximum Gasteiger partial charge on any atom is 0.495 e. The van der Waals surface area contributed by atoms with Gasteiger partial charge in [0.25, 0.3) is 0 Å². The van der Waals surface area contributed by atoms with E-state index in [0.717, 1.165) is 23.1 Å². The van der Waals surface area contributed by atoms with E-state index in [2.05, 4.69) is 77.1 Å². The molecule has 2 N–H and O–H groups in total. The van der Waals surface area contributed by atoms with Crippen LogP contribution in [0.4, 0.5) is 5.69 Å². The summed E-state index contributed by atoms with van der Waals surface area (Å²) < 4.78 is 12.9. The molecule has 1 aliphatic rings. The molecule has 0 aromatic heterocycles. The van der Waals surface area contributed by atoms with Crippen molar-refractivity contribution in [1.82, 2.24) is 0 Å². The highest BCUT2D eigenvalue weighted by molar-refractivity contribution is 6.65. The fourth-order valence-corrected chi connectivity index (χ4v) is 3.83.